The van der Waals surface area contributed by atoms with Crippen LogP contribution in [0.1, 0.15) is 6.92 Å². The summed E-state index contributed by atoms with van der Waals surface area (Å²) in [5.74, 6) is 0. The Morgan fingerprint density at radius 3 is 2.75 bits per heavy atom. The predicted octanol–water partition coefficient (Wildman–Crippen LogP) is 1.67. The van der Waals surface area contributed by atoms with E-state index < -0.39 is 0 Å². The summed E-state index contributed by atoms with van der Waals surface area (Å²) in [4.78, 5) is 0. The molecule has 0 fully saturated rings. The summed E-state index contributed by atoms with van der Waals surface area (Å²) >= 11 is 0. The van der Waals surface area contributed by atoms with Gasteiger partial charge in [0.1, 0.15) is 0 Å². The van der Waals surface area contributed by atoms with Crippen molar-refractivity contribution in [1.82, 2.24) is 10.9 Å². The number of hydrazine groups is 1. The minimum Gasteiger partial charge on any atom is -0.328 e. The van der Waals surface area contributed by atoms with Gasteiger partial charge in [-0.1, -0.05) is 31.4 Å². The largest absolute Gasteiger partial charge is 0.328 e. The van der Waals surface area contributed by atoms with Crippen molar-refractivity contribution >= 4 is 0 Å². The van der Waals surface area contributed by atoms with Crippen molar-refractivity contribution in [2.45, 2.75) is 13.0 Å². The smallest absolute Gasteiger partial charge is 0.0734 e. The van der Waals surface area contributed by atoms with Crippen LogP contribution in [0.5, 0.6) is 0 Å². The fraction of sp³-hybridized carbons (Fsp3) is 0.200. The topological polar surface area (TPSA) is 24.1 Å². The van der Waals surface area contributed by atoms with Gasteiger partial charge < -0.3 is 5.43 Å². The minimum atomic E-state index is 0.162. The van der Waals surface area contributed by atoms with Gasteiger partial charge in [-0.25, -0.2) is 5.43 Å². The Hall–Kier alpha value is -1.28. The van der Waals surface area contributed by atoms with Gasteiger partial charge >= 0.3 is 0 Å². The molecule has 0 aromatic carbocycles. The van der Waals surface area contributed by atoms with Gasteiger partial charge in [0.05, 0.1) is 6.04 Å². The Kier molecular flexibility index (Phi) is 2.51. The van der Waals surface area contributed by atoms with Crippen LogP contribution in [0.4, 0.5) is 0 Å². The lowest BCUT2D eigenvalue weighted by Crippen LogP contribution is -2.32. The molecule has 0 bridgehead atoms. The molecular formula is C10H14N2. The standard InChI is InChI=1S/C10H14N2/c1-5-8(4)9-6-11-12-10(9)7(2)3/h5-6,10-12H,1-2,4H2,3H3. The molecule has 0 spiro atoms. The highest BCUT2D eigenvalue weighted by Crippen LogP contribution is 2.20. The van der Waals surface area contributed by atoms with Gasteiger partial charge in [0.15, 0.2) is 0 Å². The van der Waals surface area contributed by atoms with E-state index in [1.165, 1.54) is 0 Å². The molecule has 1 aliphatic rings. The number of nitrogens with one attached hydrogen (secondary N) is 2. The van der Waals surface area contributed by atoms with Gasteiger partial charge in [-0.3, -0.25) is 0 Å². The van der Waals surface area contributed by atoms with Crippen LogP contribution in [-0.4, -0.2) is 6.04 Å². The second-order valence-electron chi connectivity index (χ2n) is 2.90. The zero-order valence-electron chi connectivity index (χ0n) is 7.35. The summed E-state index contributed by atoms with van der Waals surface area (Å²) in [7, 11) is 0. The number of rotatable bonds is 3. The maximum absolute atomic E-state index is 3.89. The molecule has 2 nitrogen and oxygen atoms in total. The van der Waals surface area contributed by atoms with Crippen molar-refractivity contribution in [2.75, 3.05) is 0 Å². The molecule has 0 radical (unpaired) electrons. The Morgan fingerprint density at radius 1 is 1.58 bits per heavy atom. The van der Waals surface area contributed by atoms with E-state index >= 15 is 0 Å². The first-order chi connectivity index (χ1) is 5.66. The van der Waals surface area contributed by atoms with Crippen molar-refractivity contribution < 1.29 is 0 Å². The summed E-state index contributed by atoms with van der Waals surface area (Å²) in [5, 5.41) is 0. The van der Waals surface area contributed by atoms with Gasteiger partial charge in [0, 0.05) is 6.20 Å². The molecule has 1 atom stereocenters. The molecule has 0 aromatic rings. The van der Waals surface area contributed by atoms with E-state index in [1.807, 2.05) is 13.1 Å². The average Bonchev–Trinajstić information content (AvgIpc) is 2.50. The Morgan fingerprint density at radius 2 is 2.25 bits per heavy atom. The van der Waals surface area contributed by atoms with E-state index in [0.29, 0.717) is 0 Å². The highest BCUT2D eigenvalue weighted by atomic mass is 15.4. The molecule has 1 heterocycles. The Bertz CT molecular complexity index is 261. The van der Waals surface area contributed by atoms with Gasteiger partial charge in [-0.05, 0) is 18.1 Å². The monoisotopic (exact) mass is 162 g/mol. The summed E-state index contributed by atoms with van der Waals surface area (Å²) in [6, 6.07) is 0.162. The maximum Gasteiger partial charge on any atom is 0.0734 e. The first kappa shape index (κ1) is 8.81. The maximum atomic E-state index is 3.89. The third-order valence-corrected chi connectivity index (χ3v) is 1.88. The zero-order valence-corrected chi connectivity index (χ0v) is 7.35. The van der Waals surface area contributed by atoms with Crippen LogP contribution in [0.2, 0.25) is 0 Å². The molecule has 1 aliphatic heterocycles. The van der Waals surface area contributed by atoms with Gasteiger partial charge in [-0.2, -0.15) is 0 Å². The predicted molar refractivity (Wildman–Crippen MR) is 52.3 cm³/mol. The molecule has 2 N–H and O–H groups in total. The van der Waals surface area contributed by atoms with E-state index in [9.17, 15) is 0 Å². The lowest BCUT2D eigenvalue weighted by molar-refractivity contribution is 0.630. The summed E-state index contributed by atoms with van der Waals surface area (Å²) in [5.41, 5.74) is 9.11. The molecule has 0 aromatic heterocycles. The van der Waals surface area contributed by atoms with Crippen molar-refractivity contribution in [3.63, 3.8) is 0 Å². The molecular weight excluding hydrogens is 148 g/mol. The fourth-order valence-electron chi connectivity index (χ4n) is 1.15. The van der Waals surface area contributed by atoms with Gasteiger partial charge in [-0.15, -0.1) is 0 Å². The van der Waals surface area contributed by atoms with E-state index in [4.69, 9.17) is 0 Å². The molecule has 1 rings (SSSR count). The Balaban J connectivity index is 2.82. The first-order valence-corrected chi connectivity index (χ1v) is 3.85. The van der Waals surface area contributed by atoms with Crippen molar-refractivity contribution in [3.8, 4) is 0 Å². The SMILES string of the molecule is C=CC(=C)C1=CNNC1C(=C)C. The van der Waals surface area contributed by atoms with E-state index in [2.05, 4.69) is 30.6 Å². The fourth-order valence-corrected chi connectivity index (χ4v) is 1.15. The third kappa shape index (κ3) is 1.48. The van der Waals surface area contributed by atoms with Crippen LogP contribution in [0.3, 0.4) is 0 Å². The Labute approximate surface area is 73.3 Å². The van der Waals surface area contributed by atoms with E-state index in [-0.39, 0.29) is 6.04 Å². The molecule has 0 saturated heterocycles. The van der Waals surface area contributed by atoms with Crippen LogP contribution in [0, 0.1) is 0 Å². The lowest BCUT2D eigenvalue weighted by Gasteiger charge is -2.14. The van der Waals surface area contributed by atoms with Crippen LogP contribution >= 0.6 is 0 Å². The van der Waals surface area contributed by atoms with Crippen molar-refractivity contribution in [3.05, 3.63) is 48.7 Å². The van der Waals surface area contributed by atoms with Gasteiger partial charge in [0.25, 0.3) is 0 Å². The van der Waals surface area contributed by atoms with Crippen LogP contribution < -0.4 is 10.9 Å². The van der Waals surface area contributed by atoms with E-state index in [0.717, 1.165) is 16.7 Å². The summed E-state index contributed by atoms with van der Waals surface area (Å²) in [6.45, 7) is 13.4. The number of hydrogen-bond donors (Lipinski definition) is 2. The lowest BCUT2D eigenvalue weighted by atomic mass is 9.97. The quantitative estimate of drug-likeness (QED) is 0.487. The normalized spacial score (nSPS) is 21.1. The molecule has 1 unspecified atom stereocenters. The zero-order chi connectivity index (χ0) is 9.14. The highest BCUT2D eigenvalue weighted by Gasteiger charge is 2.19. The summed E-state index contributed by atoms with van der Waals surface area (Å²) < 4.78 is 0. The van der Waals surface area contributed by atoms with Crippen LogP contribution in [0.15, 0.2) is 48.7 Å². The molecule has 0 aliphatic carbocycles. The molecule has 64 valence electrons. The molecule has 0 amide bonds. The van der Waals surface area contributed by atoms with Gasteiger partial charge in [0.2, 0.25) is 0 Å². The third-order valence-electron chi connectivity index (χ3n) is 1.88. The second-order valence-corrected chi connectivity index (χ2v) is 2.90. The first-order valence-electron chi connectivity index (χ1n) is 3.85. The number of allylic oxidation sites excluding steroid dienone is 1. The molecule has 0 saturated carbocycles. The van der Waals surface area contributed by atoms with Crippen LogP contribution in [-0.2, 0) is 0 Å². The second kappa shape index (κ2) is 3.41. The van der Waals surface area contributed by atoms with Crippen molar-refractivity contribution in [1.29, 1.82) is 0 Å². The molecule has 2 heteroatoms. The molecule has 12 heavy (non-hydrogen) atoms. The minimum absolute atomic E-state index is 0.162. The average molecular weight is 162 g/mol. The van der Waals surface area contributed by atoms with E-state index in [1.54, 1.807) is 6.08 Å². The highest BCUT2D eigenvalue weighted by molar-refractivity contribution is 5.45. The number of hydrogen-bond acceptors (Lipinski definition) is 2. The van der Waals surface area contributed by atoms with Crippen molar-refractivity contribution in [2.24, 2.45) is 0 Å². The summed E-state index contributed by atoms with van der Waals surface area (Å²) in [6.07, 6.45) is 3.64. The van der Waals surface area contributed by atoms with Crippen LogP contribution in [0.25, 0.3) is 0 Å².